The van der Waals surface area contributed by atoms with Gasteiger partial charge in [0.1, 0.15) is 5.78 Å². The molecule has 0 aliphatic carbocycles. The molecule has 0 fully saturated rings. The van der Waals surface area contributed by atoms with Gasteiger partial charge in [-0.05, 0) is 13.8 Å². The van der Waals surface area contributed by atoms with Gasteiger partial charge in [-0.25, -0.2) is 0 Å². The second-order valence-corrected chi connectivity index (χ2v) is 0.908. The second kappa shape index (κ2) is 9.13. The van der Waals surface area contributed by atoms with Crippen LogP contribution in [0.2, 0.25) is 0 Å². The summed E-state index contributed by atoms with van der Waals surface area (Å²) in [7, 11) is 0. The van der Waals surface area contributed by atoms with Crippen LogP contribution in [-0.2, 0) is 37.8 Å². The van der Waals surface area contributed by atoms with Crippen molar-refractivity contribution in [3.8, 4) is 0 Å². The van der Waals surface area contributed by atoms with E-state index in [2.05, 4.69) is 0 Å². The van der Waals surface area contributed by atoms with Gasteiger partial charge >= 0.3 is 33.1 Å². The molecule has 33 valence electrons. The third-order valence-corrected chi connectivity index (χ3v) is 0. The van der Waals surface area contributed by atoms with Crippen LogP contribution < -0.4 is 0 Å². The molecular weight excluding hydrogens is 157 g/mol. The second-order valence-electron chi connectivity index (χ2n) is 0.908. The van der Waals surface area contributed by atoms with Crippen molar-refractivity contribution in [2.45, 2.75) is 13.8 Å². The van der Waals surface area contributed by atoms with E-state index in [1.807, 2.05) is 0 Å². The van der Waals surface area contributed by atoms with E-state index in [0.29, 0.717) is 0 Å². The van der Waals surface area contributed by atoms with Crippen molar-refractivity contribution in [1.29, 1.82) is 0 Å². The number of carbonyl (C=O) groups is 1. The molecule has 2 nitrogen and oxygen atoms in total. The van der Waals surface area contributed by atoms with Gasteiger partial charge in [-0.1, -0.05) is 0 Å². The molecule has 6 heavy (non-hydrogen) atoms. The number of carbonyl (C=O) groups excluding carboxylic acids is 1. The van der Waals surface area contributed by atoms with Gasteiger partial charge in [0, 0.05) is 0 Å². The maximum atomic E-state index is 9.44. The van der Waals surface area contributed by atoms with Gasteiger partial charge < -0.3 is 4.79 Å². The Morgan fingerprint density at radius 3 is 1.33 bits per heavy atom. The Labute approximate surface area is 57.4 Å². The zero-order valence-corrected chi connectivity index (χ0v) is 6.73. The topological polar surface area (TPSA) is 34.1 Å². The van der Waals surface area contributed by atoms with E-state index in [9.17, 15) is 4.79 Å². The fourth-order valence-electron chi connectivity index (χ4n) is 0. The minimum atomic E-state index is 0.100. The van der Waals surface area contributed by atoms with Crippen LogP contribution in [0, 0.1) is 0 Å². The summed E-state index contributed by atoms with van der Waals surface area (Å²) < 4.78 is 8.38. The predicted molar refractivity (Wildman–Crippen MR) is 17.0 cm³/mol. The monoisotopic (exact) mass is 163 g/mol. The van der Waals surface area contributed by atoms with Crippen molar-refractivity contribution in [3.05, 3.63) is 0 Å². The van der Waals surface area contributed by atoms with Gasteiger partial charge in [0.2, 0.25) is 0 Å². The van der Waals surface area contributed by atoms with E-state index < -0.39 is 0 Å². The van der Waals surface area contributed by atoms with Crippen LogP contribution in [-0.4, -0.2) is 5.78 Å². The molecule has 0 aromatic rings. The van der Waals surface area contributed by atoms with Gasteiger partial charge in [0.05, 0.1) is 0 Å². The third-order valence-electron chi connectivity index (χ3n) is 0. The Kier molecular flexibility index (Phi) is 14.9. The zero-order chi connectivity index (χ0) is 5.58. The van der Waals surface area contributed by atoms with Crippen molar-refractivity contribution >= 4 is 5.78 Å². The van der Waals surface area contributed by atoms with E-state index in [0.717, 1.165) is 0 Å². The molecule has 0 saturated heterocycles. The van der Waals surface area contributed by atoms with Crippen molar-refractivity contribution in [3.63, 3.8) is 0 Å². The number of hydrogen-bond acceptors (Lipinski definition) is 2. The standard InChI is InChI=1S/C3H6O.O.Y/c1-3(2)4;;/h1-2H3;;. The van der Waals surface area contributed by atoms with Crippen LogP contribution in [0.3, 0.4) is 0 Å². The fraction of sp³-hybridized carbons (Fsp3) is 0.667. The van der Waals surface area contributed by atoms with E-state index in [-0.39, 0.29) is 36.8 Å². The third kappa shape index (κ3) is 177. The van der Waals surface area contributed by atoms with Crippen LogP contribution in [0.15, 0.2) is 0 Å². The molecule has 0 amide bonds. The minimum absolute atomic E-state index is 0.100. The number of Topliss-reactive ketones (excluding diaryl/α,β-unsaturated/α-hetero) is 1. The van der Waals surface area contributed by atoms with Crippen molar-refractivity contribution in [1.82, 2.24) is 0 Å². The molecule has 0 rings (SSSR count). The molecule has 0 spiro atoms. The quantitative estimate of drug-likeness (QED) is 0.520. The predicted octanol–water partition coefficient (Wildman–Crippen LogP) is 0.474. The number of rotatable bonds is 0. The zero-order valence-electron chi connectivity index (χ0n) is 3.89. The molecule has 0 saturated carbocycles. The molecule has 0 heterocycles. The molecule has 0 atom stereocenters. The Balaban J connectivity index is 0. The summed E-state index contributed by atoms with van der Waals surface area (Å²) in [4.78, 5) is 9.44. The van der Waals surface area contributed by atoms with Crippen LogP contribution in [0.1, 0.15) is 13.8 Å². The van der Waals surface area contributed by atoms with Crippen LogP contribution in [0.4, 0.5) is 0 Å². The first-order chi connectivity index (χ1) is 2.73. The molecule has 0 bridgehead atoms. The molecule has 0 aromatic heterocycles. The summed E-state index contributed by atoms with van der Waals surface area (Å²) in [5.41, 5.74) is 0. The summed E-state index contributed by atoms with van der Waals surface area (Å²) in [5.74, 6) is 0.167. The first-order valence-corrected chi connectivity index (χ1v) is 2.60. The van der Waals surface area contributed by atoms with Gasteiger partial charge in [-0.15, -0.1) is 0 Å². The van der Waals surface area contributed by atoms with Crippen molar-refractivity contribution < 1.29 is 37.8 Å². The summed E-state index contributed by atoms with van der Waals surface area (Å²) in [6.45, 7) is 3.06. The molecule has 3 heteroatoms. The molecule has 0 unspecified atom stereocenters. The summed E-state index contributed by atoms with van der Waals surface area (Å²) >= 11 is 0.100. The van der Waals surface area contributed by atoms with Crippen molar-refractivity contribution in [2.24, 2.45) is 0 Å². The maximum absolute atomic E-state index is 9.44. The molecule has 0 aliphatic rings. The van der Waals surface area contributed by atoms with E-state index in [1.165, 1.54) is 13.8 Å². The first-order valence-electron chi connectivity index (χ1n) is 1.44. The van der Waals surface area contributed by atoms with Crippen molar-refractivity contribution in [2.75, 3.05) is 0 Å². The normalized spacial score (nSPS) is 5.33. The number of hydrogen-bond donors (Lipinski definition) is 0. The SMILES string of the molecule is CC(C)=O.[O]=[Y]. The summed E-state index contributed by atoms with van der Waals surface area (Å²) in [6.07, 6.45) is 0. The average molecular weight is 163 g/mol. The van der Waals surface area contributed by atoms with Crippen LogP contribution >= 0.6 is 0 Å². The number of ketones is 1. The van der Waals surface area contributed by atoms with Crippen LogP contribution in [0.25, 0.3) is 0 Å². The summed E-state index contributed by atoms with van der Waals surface area (Å²) in [5, 5.41) is 0. The Morgan fingerprint density at radius 1 is 1.33 bits per heavy atom. The summed E-state index contributed by atoms with van der Waals surface area (Å²) in [6, 6.07) is 0. The van der Waals surface area contributed by atoms with Gasteiger partial charge in [-0.3, -0.25) is 0 Å². The Hall–Kier alpha value is 0.574. The van der Waals surface area contributed by atoms with E-state index in [1.54, 1.807) is 0 Å². The van der Waals surface area contributed by atoms with Crippen LogP contribution in [0.5, 0.6) is 0 Å². The Morgan fingerprint density at radius 2 is 1.33 bits per heavy atom. The van der Waals surface area contributed by atoms with Gasteiger partial charge in [-0.2, -0.15) is 0 Å². The Bertz CT molecular complexity index is 40.1. The molecule has 0 aliphatic heterocycles. The molecular formula is C3H6O2Y. The van der Waals surface area contributed by atoms with Gasteiger partial charge in [0.25, 0.3) is 0 Å². The van der Waals surface area contributed by atoms with E-state index in [4.69, 9.17) is 2.04 Å². The first kappa shape index (κ1) is 9.76. The molecule has 0 radical (unpaired) electrons. The molecule has 0 aromatic carbocycles. The average Bonchev–Trinajstić information content (AvgIpc) is 1.41. The molecule has 0 N–H and O–H groups in total. The fourth-order valence-corrected chi connectivity index (χ4v) is 0. The van der Waals surface area contributed by atoms with Gasteiger partial charge in [0.15, 0.2) is 0 Å². The van der Waals surface area contributed by atoms with E-state index >= 15 is 0 Å².